The van der Waals surface area contributed by atoms with Crippen LogP contribution >= 0.6 is 0 Å². The lowest BCUT2D eigenvalue weighted by Gasteiger charge is -2.25. The van der Waals surface area contributed by atoms with Gasteiger partial charge in [-0.3, -0.25) is 9.69 Å². The molecule has 0 saturated carbocycles. The molecule has 2 aromatic carbocycles. The van der Waals surface area contributed by atoms with Crippen molar-refractivity contribution in [1.29, 1.82) is 0 Å². The van der Waals surface area contributed by atoms with E-state index in [1.807, 2.05) is 0 Å². The first-order valence-electron chi connectivity index (χ1n) is 9.21. The van der Waals surface area contributed by atoms with E-state index < -0.39 is 11.6 Å². The molecule has 1 fully saturated rings. The van der Waals surface area contributed by atoms with Gasteiger partial charge in [0.15, 0.2) is 11.5 Å². The van der Waals surface area contributed by atoms with Crippen LogP contribution in [0.2, 0.25) is 0 Å². The Labute approximate surface area is 168 Å². The van der Waals surface area contributed by atoms with E-state index in [4.69, 9.17) is 18.9 Å². The summed E-state index contributed by atoms with van der Waals surface area (Å²) in [6, 6.07) is 10.0. The van der Waals surface area contributed by atoms with Gasteiger partial charge in [-0.25, -0.2) is 4.79 Å². The van der Waals surface area contributed by atoms with Crippen LogP contribution in [-0.4, -0.2) is 44.3 Å². The average molecular weight is 398 g/mol. The standard InChI is InChI=1S/C21H22N2O6/c1-21(14-4-6-17-18(11-14)29-9-8-28-17)19(24)23(20(25)22-21)12-13-10-15(26-2)5-7-16(13)27-3/h4-7,10-11H,8-9,12H2,1-3H3,(H,22,25)/t21-/m0/s1. The number of carbonyl (C=O) groups excluding carboxylic acids is 2. The summed E-state index contributed by atoms with van der Waals surface area (Å²) < 4.78 is 21.8. The first kappa shape index (κ1) is 18.9. The summed E-state index contributed by atoms with van der Waals surface area (Å²) in [4.78, 5) is 27.1. The van der Waals surface area contributed by atoms with Crippen LogP contribution < -0.4 is 24.3 Å². The van der Waals surface area contributed by atoms with Gasteiger partial charge in [-0.2, -0.15) is 0 Å². The van der Waals surface area contributed by atoms with E-state index in [-0.39, 0.29) is 12.5 Å². The normalized spacial score (nSPS) is 20.4. The molecular weight excluding hydrogens is 376 g/mol. The van der Waals surface area contributed by atoms with Crippen molar-refractivity contribution < 1.29 is 28.5 Å². The second-order valence-electron chi connectivity index (χ2n) is 6.98. The maximum Gasteiger partial charge on any atom is 0.325 e. The van der Waals surface area contributed by atoms with Crippen LogP contribution in [0.3, 0.4) is 0 Å². The number of urea groups is 1. The lowest BCUT2D eigenvalue weighted by molar-refractivity contribution is -0.131. The zero-order valence-electron chi connectivity index (χ0n) is 16.5. The van der Waals surface area contributed by atoms with Gasteiger partial charge < -0.3 is 24.3 Å². The predicted molar refractivity (Wildman–Crippen MR) is 103 cm³/mol. The van der Waals surface area contributed by atoms with Gasteiger partial charge in [0.25, 0.3) is 5.91 Å². The Morgan fingerprint density at radius 1 is 1.03 bits per heavy atom. The monoisotopic (exact) mass is 398 g/mol. The van der Waals surface area contributed by atoms with Crippen LogP contribution in [-0.2, 0) is 16.9 Å². The van der Waals surface area contributed by atoms with Crippen molar-refractivity contribution in [1.82, 2.24) is 10.2 Å². The third-order valence-electron chi connectivity index (χ3n) is 5.21. The summed E-state index contributed by atoms with van der Waals surface area (Å²) >= 11 is 0. The van der Waals surface area contributed by atoms with Crippen molar-refractivity contribution in [2.24, 2.45) is 0 Å². The minimum Gasteiger partial charge on any atom is -0.497 e. The zero-order chi connectivity index (χ0) is 20.6. The number of carbonyl (C=O) groups is 2. The third-order valence-corrected chi connectivity index (χ3v) is 5.21. The smallest absolute Gasteiger partial charge is 0.325 e. The molecule has 8 heteroatoms. The van der Waals surface area contributed by atoms with Crippen LogP contribution in [0.25, 0.3) is 0 Å². The number of hydrogen-bond acceptors (Lipinski definition) is 6. The van der Waals surface area contributed by atoms with E-state index in [0.29, 0.717) is 47.3 Å². The van der Waals surface area contributed by atoms with E-state index in [1.165, 1.54) is 12.0 Å². The number of benzene rings is 2. The molecule has 1 atom stereocenters. The fourth-order valence-corrected chi connectivity index (χ4v) is 3.57. The molecule has 8 nitrogen and oxygen atoms in total. The number of nitrogens with one attached hydrogen (secondary N) is 1. The van der Waals surface area contributed by atoms with Gasteiger partial charge in [0, 0.05) is 5.56 Å². The summed E-state index contributed by atoms with van der Waals surface area (Å²) in [5, 5.41) is 2.81. The summed E-state index contributed by atoms with van der Waals surface area (Å²) in [5.74, 6) is 2.01. The lowest BCUT2D eigenvalue weighted by Crippen LogP contribution is -2.41. The molecule has 0 aromatic heterocycles. The average Bonchev–Trinajstić information content (AvgIpc) is 2.97. The van der Waals surface area contributed by atoms with Crippen LogP contribution in [0.1, 0.15) is 18.1 Å². The first-order chi connectivity index (χ1) is 14.0. The molecule has 0 spiro atoms. The van der Waals surface area contributed by atoms with E-state index in [1.54, 1.807) is 50.4 Å². The molecule has 2 aliphatic rings. The SMILES string of the molecule is COc1ccc(OC)c(CN2C(=O)N[C@@](C)(c3ccc4c(c3)OCCO4)C2=O)c1. The second kappa shape index (κ2) is 7.20. The van der Waals surface area contributed by atoms with Gasteiger partial charge in [-0.1, -0.05) is 6.07 Å². The summed E-state index contributed by atoms with van der Waals surface area (Å²) in [6.45, 7) is 2.66. The third kappa shape index (κ3) is 3.20. The number of nitrogens with zero attached hydrogens (tertiary/aromatic N) is 1. The first-order valence-corrected chi connectivity index (χ1v) is 9.21. The fourth-order valence-electron chi connectivity index (χ4n) is 3.57. The van der Waals surface area contributed by atoms with Gasteiger partial charge in [0.1, 0.15) is 30.3 Å². The Hall–Kier alpha value is -3.42. The molecule has 2 aromatic rings. The quantitative estimate of drug-likeness (QED) is 0.779. The van der Waals surface area contributed by atoms with Crippen molar-refractivity contribution in [3.63, 3.8) is 0 Å². The summed E-state index contributed by atoms with van der Waals surface area (Å²) in [5.41, 5.74) is 0.0842. The Bertz CT molecular complexity index is 976. The van der Waals surface area contributed by atoms with E-state index in [2.05, 4.69) is 5.32 Å². The number of fused-ring (bicyclic) bond motifs is 1. The van der Waals surface area contributed by atoms with Crippen LogP contribution in [0, 0.1) is 0 Å². The largest absolute Gasteiger partial charge is 0.497 e. The molecule has 4 rings (SSSR count). The Kier molecular flexibility index (Phi) is 4.70. The maximum absolute atomic E-state index is 13.3. The van der Waals surface area contributed by atoms with Crippen molar-refractivity contribution in [2.75, 3.05) is 27.4 Å². The van der Waals surface area contributed by atoms with Gasteiger partial charge in [-0.05, 0) is 42.8 Å². The van der Waals surface area contributed by atoms with E-state index in [0.717, 1.165) is 0 Å². The molecule has 0 bridgehead atoms. The molecule has 29 heavy (non-hydrogen) atoms. The fraction of sp³-hybridized carbons (Fsp3) is 0.333. The molecule has 0 radical (unpaired) electrons. The van der Waals surface area contributed by atoms with E-state index in [9.17, 15) is 9.59 Å². The van der Waals surface area contributed by atoms with E-state index >= 15 is 0 Å². The predicted octanol–water partition coefficient (Wildman–Crippen LogP) is 2.44. The molecular formula is C21H22N2O6. The molecule has 2 heterocycles. The van der Waals surface area contributed by atoms with Gasteiger partial charge in [0.05, 0.1) is 20.8 Å². The molecule has 152 valence electrons. The molecule has 3 amide bonds. The number of hydrogen-bond donors (Lipinski definition) is 1. The van der Waals surface area contributed by atoms with Crippen LogP contribution in [0.5, 0.6) is 23.0 Å². The van der Waals surface area contributed by atoms with Crippen LogP contribution in [0.15, 0.2) is 36.4 Å². The lowest BCUT2D eigenvalue weighted by atomic mass is 9.91. The van der Waals surface area contributed by atoms with Crippen molar-refractivity contribution in [2.45, 2.75) is 19.0 Å². The molecule has 1 saturated heterocycles. The minimum absolute atomic E-state index is 0.0607. The van der Waals surface area contributed by atoms with Crippen molar-refractivity contribution >= 4 is 11.9 Å². The van der Waals surface area contributed by atoms with Gasteiger partial charge in [0.2, 0.25) is 0 Å². The molecule has 1 N–H and O–H groups in total. The number of imide groups is 1. The molecule has 0 aliphatic carbocycles. The Morgan fingerprint density at radius 2 is 1.79 bits per heavy atom. The van der Waals surface area contributed by atoms with Crippen LogP contribution in [0.4, 0.5) is 4.79 Å². The number of rotatable bonds is 5. The number of ether oxygens (including phenoxy) is 4. The topological polar surface area (TPSA) is 86.3 Å². The highest BCUT2D eigenvalue weighted by Gasteiger charge is 2.49. The molecule has 0 unspecified atom stereocenters. The van der Waals surface area contributed by atoms with Crippen molar-refractivity contribution in [3.05, 3.63) is 47.5 Å². The zero-order valence-corrected chi connectivity index (χ0v) is 16.5. The Morgan fingerprint density at radius 3 is 2.52 bits per heavy atom. The Balaban J connectivity index is 1.64. The highest BCUT2D eigenvalue weighted by Crippen LogP contribution is 2.37. The number of methoxy groups -OCH3 is 2. The number of amides is 3. The highest BCUT2D eigenvalue weighted by atomic mass is 16.6. The maximum atomic E-state index is 13.3. The van der Waals surface area contributed by atoms with Gasteiger partial charge >= 0.3 is 6.03 Å². The summed E-state index contributed by atoms with van der Waals surface area (Å²) in [7, 11) is 3.09. The second-order valence-corrected chi connectivity index (χ2v) is 6.98. The minimum atomic E-state index is -1.21. The van der Waals surface area contributed by atoms with Crippen molar-refractivity contribution in [3.8, 4) is 23.0 Å². The van der Waals surface area contributed by atoms with Gasteiger partial charge in [-0.15, -0.1) is 0 Å². The summed E-state index contributed by atoms with van der Waals surface area (Å²) in [6.07, 6.45) is 0. The highest BCUT2D eigenvalue weighted by molar-refractivity contribution is 6.07. The molecule has 2 aliphatic heterocycles.